The van der Waals surface area contributed by atoms with Crippen molar-refractivity contribution in [2.24, 2.45) is 0 Å². The van der Waals surface area contributed by atoms with E-state index in [1.165, 1.54) is 0 Å². The van der Waals surface area contributed by atoms with Crippen molar-refractivity contribution in [2.75, 3.05) is 12.3 Å². The molecule has 3 N–H and O–H groups in total. The number of esters is 1. The first-order valence-electron chi connectivity index (χ1n) is 6.44. The Morgan fingerprint density at radius 3 is 2.57 bits per heavy atom. The van der Waals surface area contributed by atoms with Gasteiger partial charge in [0.1, 0.15) is 6.54 Å². The second-order valence-corrected chi connectivity index (χ2v) is 4.60. The number of nitrogens with zero attached hydrogens (tertiary/aromatic N) is 1. The summed E-state index contributed by atoms with van der Waals surface area (Å²) in [5, 5.41) is 0. The van der Waals surface area contributed by atoms with Crippen molar-refractivity contribution in [3.8, 4) is 0 Å². The second-order valence-electron chi connectivity index (χ2n) is 4.60. The third-order valence-corrected chi connectivity index (χ3v) is 3.04. The molecule has 23 heavy (non-hydrogen) atoms. The number of nitrogen functional groups attached to an aromatic ring is 1. The molecule has 10 heteroatoms. The molecule has 0 aliphatic heterocycles. The average Bonchev–Trinajstić information content (AvgIpc) is 2.43. The van der Waals surface area contributed by atoms with Crippen molar-refractivity contribution in [3.63, 3.8) is 0 Å². The summed E-state index contributed by atoms with van der Waals surface area (Å²) in [5.41, 5.74) is 0.981. The maximum atomic E-state index is 12.9. The minimum atomic E-state index is -4.72. The van der Waals surface area contributed by atoms with Crippen molar-refractivity contribution in [2.45, 2.75) is 19.6 Å². The SMILES string of the molecule is CCOC(=O)Cn1c(=O)c(=O)[nH]c2cc(C(F)(F)F)c(N)cc21. The Bertz CT molecular complexity index is 883. The van der Waals surface area contributed by atoms with Crippen LogP contribution in [0.25, 0.3) is 11.0 Å². The monoisotopic (exact) mass is 331 g/mol. The van der Waals surface area contributed by atoms with E-state index >= 15 is 0 Å². The van der Waals surface area contributed by atoms with Gasteiger partial charge < -0.3 is 15.5 Å². The van der Waals surface area contributed by atoms with E-state index in [0.717, 1.165) is 10.6 Å². The van der Waals surface area contributed by atoms with Gasteiger partial charge >= 0.3 is 23.3 Å². The number of nitrogens with one attached hydrogen (secondary N) is 1. The van der Waals surface area contributed by atoms with E-state index in [1.54, 1.807) is 6.92 Å². The van der Waals surface area contributed by atoms with Gasteiger partial charge in [0.25, 0.3) is 0 Å². The van der Waals surface area contributed by atoms with Gasteiger partial charge in [-0.25, -0.2) is 0 Å². The van der Waals surface area contributed by atoms with E-state index < -0.39 is 41.1 Å². The van der Waals surface area contributed by atoms with Crippen molar-refractivity contribution < 1.29 is 22.7 Å². The smallest absolute Gasteiger partial charge is 0.418 e. The highest BCUT2D eigenvalue weighted by molar-refractivity contribution is 5.82. The molecule has 0 saturated carbocycles. The molecule has 0 amide bonds. The highest BCUT2D eigenvalue weighted by Gasteiger charge is 2.33. The maximum absolute atomic E-state index is 12.9. The molecular formula is C13H12F3N3O4. The first kappa shape index (κ1) is 16.6. The number of hydrogen-bond acceptors (Lipinski definition) is 5. The fraction of sp³-hybridized carbons (Fsp3) is 0.308. The second kappa shape index (κ2) is 5.78. The van der Waals surface area contributed by atoms with Gasteiger partial charge in [0.05, 0.1) is 23.2 Å². The fourth-order valence-corrected chi connectivity index (χ4v) is 2.07. The number of aromatic amines is 1. The summed E-state index contributed by atoms with van der Waals surface area (Å²) < 4.78 is 44.0. The lowest BCUT2D eigenvalue weighted by molar-refractivity contribution is -0.143. The minimum Gasteiger partial charge on any atom is -0.465 e. The highest BCUT2D eigenvalue weighted by Crippen LogP contribution is 2.35. The molecule has 124 valence electrons. The summed E-state index contributed by atoms with van der Waals surface area (Å²) in [5.74, 6) is -0.806. The largest absolute Gasteiger partial charge is 0.465 e. The van der Waals surface area contributed by atoms with E-state index in [9.17, 15) is 27.6 Å². The zero-order chi connectivity index (χ0) is 17.4. The zero-order valence-corrected chi connectivity index (χ0v) is 11.9. The number of rotatable bonds is 3. The van der Waals surface area contributed by atoms with Crippen molar-refractivity contribution in [1.29, 1.82) is 0 Å². The molecule has 0 atom stereocenters. The van der Waals surface area contributed by atoms with Gasteiger partial charge in [-0.15, -0.1) is 0 Å². The van der Waals surface area contributed by atoms with Crippen LogP contribution in [-0.2, 0) is 22.3 Å². The van der Waals surface area contributed by atoms with Crippen LogP contribution in [0.4, 0.5) is 18.9 Å². The first-order chi connectivity index (χ1) is 10.6. The number of H-pyrrole nitrogens is 1. The van der Waals surface area contributed by atoms with Crippen LogP contribution in [0.3, 0.4) is 0 Å². The number of ether oxygens (including phenoxy) is 1. The van der Waals surface area contributed by atoms with Gasteiger partial charge in [-0.2, -0.15) is 13.2 Å². The summed E-state index contributed by atoms with van der Waals surface area (Å²) in [7, 11) is 0. The summed E-state index contributed by atoms with van der Waals surface area (Å²) in [6.45, 7) is 0.983. The fourth-order valence-electron chi connectivity index (χ4n) is 2.07. The van der Waals surface area contributed by atoms with E-state index in [0.29, 0.717) is 6.07 Å². The number of benzene rings is 1. The third-order valence-electron chi connectivity index (χ3n) is 3.04. The summed E-state index contributed by atoms with van der Waals surface area (Å²) in [6, 6.07) is 1.50. The lowest BCUT2D eigenvalue weighted by atomic mass is 10.1. The van der Waals surface area contributed by atoms with Gasteiger partial charge in [0.2, 0.25) is 0 Å². The van der Waals surface area contributed by atoms with Gasteiger partial charge in [0, 0.05) is 5.69 Å². The number of fused-ring (bicyclic) bond motifs is 1. The van der Waals surface area contributed by atoms with E-state index in [1.807, 2.05) is 4.98 Å². The predicted octanol–water partition coefficient (Wildman–Crippen LogP) is 0.854. The summed E-state index contributed by atoms with van der Waals surface area (Å²) in [6.07, 6.45) is -4.72. The molecule has 0 bridgehead atoms. The normalized spacial score (nSPS) is 11.7. The van der Waals surface area contributed by atoms with Crippen LogP contribution in [-0.4, -0.2) is 22.1 Å². The molecule has 1 aromatic carbocycles. The quantitative estimate of drug-likeness (QED) is 0.493. The molecule has 1 aromatic heterocycles. The number of nitrogens with two attached hydrogens (primary N) is 1. The molecule has 0 unspecified atom stereocenters. The first-order valence-corrected chi connectivity index (χ1v) is 6.44. The molecule has 0 saturated heterocycles. The molecule has 0 fully saturated rings. The van der Waals surface area contributed by atoms with Crippen LogP contribution in [0, 0.1) is 0 Å². The summed E-state index contributed by atoms with van der Waals surface area (Å²) in [4.78, 5) is 37.0. The average molecular weight is 331 g/mol. The number of halogens is 3. The van der Waals surface area contributed by atoms with E-state index in [2.05, 4.69) is 4.74 Å². The standard InChI is InChI=1S/C13H12F3N3O4/c1-2-23-10(20)5-19-9-4-7(17)6(13(14,15)16)3-8(9)18-11(21)12(19)22/h3-4H,2,5,17H2,1H3,(H,18,21). The Labute approximate surface area is 126 Å². The Morgan fingerprint density at radius 2 is 2.00 bits per heavy atom. The minimum absolute atomic E-state index is 0.0507. The third kappa shape index (κ3) is 3.20. The summed E-state index contributed by atoms with van der Waals surface area (Å²) >= 11 is 0. The van der Waals surface area contributed by atoms with Crippen LogP contribution in [0.2, 0.25) is 0 Å². The Hall–Kier alpha value is -2.78. The number of anilines is 1. The van der Waals surface area contributed by atoms with Gasteiger partial charge in [-0.3, -0.25) is 19.0 Å². The Morgan fingerprint density at radius 1 is 1.35 bits per heavy atom. The molecule has 2 rings (SSSR count). The topological polar surface area (TPSA) is 107 Å². The van der Waals surface area contributed by atoms with Crippen molar-refractivity contribution in [3.05, 3.63) is 38.4 Å². The van der Waals surface area contributed by atoms with Crippen LogP contribution in [0.1, 0.15) is 12.5 Å². The van der Waals surface area contributed by atoms with Crippen molar-refractivity contribution in [1.82, 2.24) is 9.55 Å². The van der Waals surface area contributed by atoms with Gasteiger partial charge in [-0.1, -0.05) is 0 Å². The molecule has 0 radical (unpaired) electrons. The van der Waals surface area contributed by atoms with Crippen molar-refractivity contribution >= 4 is 22.7 Å². The van der Waals surface area contributed by atoms with Gasteiger partial charge in [0.15, 0.2) is 0 Å². The molecule has 0 spiro atoms. The van der Waals surface area contributed by atoms with Crippen LogP contribution < -0.4 is 16.9 Å². The van der Waals surface area contributed by atoms with E-state index in [4.69, 9.17) is 5.73 Å². The molecule has 0 aliphatic carbocycles. The van der Waals surface area contributed by atoms with Crippen LogP contribution in [0.5, 0.6) is 0 Å². The highest BCUT2D eigenvalue weighted by atomic mass is 19.4. The van der Waals surface area contributed by atoms with Gasteiger partial charge in [-0.05, 0) is 19.1 Å². The lowest BCUT2D eigenvalue weighted by Gasteiger charge is -2.14. The molecule has 7 nitrogen and oxygen atoms in total. The number of carbonyl (C=O) groups is 1. The number of aromatic nitrogens is 2. The van der Waals surface area contributed by atoms with E-state index in [-0.39, 0.29) is 17.6 Å². The number of hydrogen-bond donors (Lipinski definition) is 2. The Kier molecular flexibility index (Phi) is 4.17. The maximum Gasteiger partial charge on any atom is 0.418 e. The molecular weight excluding hydrogens is 319 g/mol. The van der Waals surface area contributed by atoms with Crippen LogP contribution in [0.15, 0.2) is 21.7 Å². The zero-order valence-electron chi connectivity index (χ0n) is 11.9. The Balaban J connectivity index is 2.74. The molecule has 0 aliphatic rings. The predicted molar refractivity (Wildman–Crippen MR) is 74.9 cm³/mol. The van der Waals surface area contributed by atoms with Crippen LogP contribution >= 0.6 is 0 Å². The molecule has 1 heterocycles. The lowest BCUT2D eigenvalue weighted by Crippen LogP contribution is -2.38. The number of alkyl halides is 3. The number of carbonyl (C=O) groups excluding carboxylic acids is 1. The molecule has 2 aromatic rings.